The van der Waals surface area contributed by atoms with Crippen LogP contribution in [0, 0.1) is 5.41 Å². The summed E-state index contributed by atoms with van der Waals surface area (Å²) >= 11 is 0. The van der Waals surface area contributed by atoms with E-state index in [-0.39, 0.29) is 48.3 Å². The predicted molar refractivity (Wildman–Crippen MR) is 173 cm³/mol. The zero-order valence-electron chi connectivity index (χ0n) is 27.0. The van der Waals surface area contributed by atoms with Crippen LogP contribution in [0.2, 0.25) is 0 Å². The van der Waals surface area contributed by atoms with Gasteiger partial charge in [-0.2, -0.15) is 0 Å². The van der Waals surface area contributed by atoms with Gasteiger partial charge in [0.1, 0.15) is 19.0 Å². The molecule has 2 atom stereocenters. The number of methoxy groups -OCH3 is 1. The number of nitrogens with zero attached hydrogens (tertiary/aromatic N) is 3. The Labute approximate surface area is 268 Å². The highest BCUT2D eigenvalue weighted by molar-refractivity contribution is 6.06. The molecule has 2 amide bonds. The van der Waals surface area contributed by atoms with Gasteiger partial charge in [0.25, 0.3) is 11.5 Å². The Bertz CT molecular complexity index is 1630. The fourth-order valence-electron chi connectivity index (χ4n) is 6.58. The molecule has 3 N–H and O–H groups in total. The summed E-state index contributed by atoms with van der Waals surface area (Å²) in [5.41, 5.74) is 1.20. The summed E-state index contributed by atoms with van der Waals surface area (Å²) in [7, 11) is 1.55. The molecule has 2 aliphatic rings. The van der Waals surface area contributed by atoms with E-state index >= 15 is 0 Å². The lowest BCUT2D eigenvalue weighted by Crippen LogP contribution is -2.55. The molecule has 12 nitrogen and oxygen atoms in total. The number of hydrogen-bond donors (Lipinski definition) is 3. The molecule has 0 bridgehead atoms. The van der Waals surface area contributed by atoms with E-state index in [1.165, 1.54) is 11.0 Å². The number of aromatic nitrogens is 1. The van der Waals surface area contributed by atoms with E-state index in [4.69, 9.17) is 19.3 Å². The van der Waals surface area contributed by atoms with Crippen molar-refractivity contribution in [2.75, 3.05) is 46.6 Å². The van der Waals surface area contributed by atoms with E-state index in [2.05, 4.69) is 31.0 Å². The van der Waals surface area contributed by atoms with Crippen molar-refractivity contribution in [2.24, 2.45) is 5.41 Å². The molecule has 0 saturated carbocycles. The zero-order valence-corrected chi connectivity index (χ0v) is 27.0. The first-order valence-corrected chi connectivity index (χ1v) is 15.7. The number of carboxylic acid groups (broad SMARTS) is 1. The van der Waals surface area contributed by atoms with Crippen LogP contribution in [-0.4, -0.2) is 95.2 Å². The van der Waals surface area contributed by atoms with Crippen LogP contribution in [-0.2, 0) is 13.1 Å². The Kier molecular flexibility index (Phi) is 10.1. The van der Waals surface area contributed by atoms with Crippen LogP contribution >= 0.6 is 0 Å². The van der Waals surface area contributed by atoms with E-state index in [0.717, 1.165) is 5.56 Å². The molecule has 248 valence electrons. The van der Waals surface area contributed by atoms with Crippen LogP contribution < -0.4 is 25.1 Å². The van der Waals surface area contributed by atoms with Gasteiger partial charge in [-0.15, -0.1) is 0 Å². The van der Waals surface area contributed by atoms with Gasteiger partial charge in [0, 0.05) is 62.3 Å². The molecule has 1 fully saturated rings. The highest BCUT2D eigenvalue weighted by Gasteiger charge is 2.39. The van der Waals surface area contributed by atoms with E-state index in [9.17, 15) is 19.5 Å². The molecule has 3 aromatic rings. The number of aliphatic hydroxyl groups excluding tert-OH is 1. The number of pyridine rings is 1. The summed E-state index contributed by atoms with van der Waals surface area (Å²) < 4.78 is 18.4. The lowest BCUT2D eigenvalue weighted by Gasteiger charge is -2.48. The minimum Gasteiger partial charge on any atom is -0.497 e. The number of piperidine rings is 1. The lowest BCUT2D eigenvalue weighted by atomic mass is 9.78. The van der Waals surface area contributed by atoms with Crippen molar-refractivity contribution in [3.05, 3.63) is 63.9 Å². The highest BCUT2D eigenvalue weighted by atomic mass is 16.6. The molecule has 3 heterocycles. The molecule has 12 heteroatoms. The first kappa shape index (κ1) is 33.1. The summed E-state index contributed by atoms with van der Waals surface area (Å²) in [6.45, 7) is 9.15. The van der Waals surface area contributed by atoms with Gasteiger partial charge in [0.15, 0.2) is 11.5 Å². The van der Waals surface area contributed by atoms with Crippen molar-refractivity contribution < 1.29 is 34.0 Å². The number of carbonyl (C=O) groups is 2. The molecule has 1 saturated heterocycles. The van der Waals surface area contributed by atoms with E-state index in [1.807, 2.05) is 18.2 Å². The number of carbonyl (C=O) groups excluding carboxylic acids is 1. The second-order valence-electron chi connectivity index (χ2n) is 12.9. The standard InChI is InChI=1S/C34H44N4O8/c1-34(2,3)30-18-23(38(33(42)43)21-22-5-8-28-29(17-22)46-16-15-45-28)9-11-36(30)12-13-37-27-19-24(44-4)6-7-25(27)26(20-31(37)40)32(41)35-10-14-39/h5-8,17,19-20,23,30,39H,9-16,18,21H2,1-4H3,(H,35,41)(H,42,43). The number of aliphatic hydroxyl groups is 1. The van der Waals surface area contributed by atoms with Crippen LogP contribution in [0.4, 0.5) is 4.79 Å². The van der Waals surface area contributed by atoms with Gasteiger partial charge in [-0.1, -0.05) is 26.8 Å². The molecule has 2 aromatic carbocycles. The molecular formula is C34H44N4O8. The largest absolute Gasteiger partial charge is 0.497 e. The Morgan fingerprint density at radius 1 is 1.07 bits per heavy atom. The van der Waals surface area contributed by atoms with Gasteiger partial charge >= 0.3 is 6.09 Å². The summed E-state index contributed by atoms with van der Waals surface area (Å²) in [6.07, 6.45) is 0.334. The molecule has 0 spiro atoms. The smallest absolute Gasteiger partial charge is 0.407 e. The number of rotatable bonds is 10. The third kappa shape index (κ3) is 7.23. The third-order valence-electron chi connectivity index (χ3n) is 8.90. The maximum atomic E-state index is 13.4. The maximum absolute atomic E-state index is 13.4. The van der Waals surface area contributed by atoms with Crippen LogP contribution in [0.15, 0.2) is 47.3 Å². The van der Waals surface area contributed by atoms with Crippen molar-refractivity contribution in [3.8, 4) is 17.2 Å². The molecule has 46 heavy (non-hydrogen) atoms. The van der Waals surface area contributed by atoms with Crippen LogP contribution in [0.5, 0.6) is 17.2 Å². The van der Waals surface area contributed by atoms with Crippen LogP contribution in [0.3, 0.4) is 0 Å². The number of fused-ring (bicyclic) bond motifs is 2. The van der Waals surface area contributed by atoms with Crippen molar-refractivity contribution in [1.29, 1.82) is 0 Å². The van der Waals surface area contributed by atoms with Crippen LogP contribution in [0.25, 0.3) is 10.9 Å². The molecule has 0 aliphatic carbocycles. The second-order valence-corrected chi connectivity index (χ2v) is 12.9. The molecule has 1 aromatic heterocycles. The average molecular weight is 637 g/mol. The topological polar surface area (TPSA) is 143 Å². The summed E-state index contributed by atoms with van der Waals surface area (Å²) in [5.74, 6) is 1.44. The third-order valence-corrected chi connectivity index (χ3v) is 8.90. The number of amides is 2. The number of benzene rings is 2. The van der Waals surface area contributed by atoms with Gasteiger partial charge < -0.3 is 39.2 Å². The Hall–Kier alpha value is -4.29. The second kappa shape index (κ2) is 14.0. The first-order valence-electron chi connectivity index (χ1n) is 15.7. The quantitative estimate of drug-likeness (QED) is 0.305. The molecule has 2 aliphatic heterocycles. The van der Waals surface area contributed by atoms with Gasteiger partial charge in [-0.05, 0) is 48.1 Å². The predicted octanol–water partition coefficient (Wildman–Crippen LogP) is 3.56. The number of hydrogen-bond acceptors (Lipinski definition) is 8. The van der Waals surface area contributed by atoms with Gasteiger partial charge in [0.05, 0.1) is 24.8 Å². The number of likely N-dealkylation sites (tertiary alicyclic amines) is 1. The van der Waals surface area contributed by atoms with Crippen molar-refractivity contribution >= 4 is 22.9 Å². The normalized spacial score (nSPS) is 18.3. The fourth-order valence-corrected chi connectivity index (χ4v) is 6.58. The highest BCUT2D eigenvalue weighted by Crippen LogP contribution is 2.36. The first-order chi connectivity index (χ1) is 22.0. The van der Waals surface area contributed by atoms with Crippen LogP contribution in [0.1, 0.15) is 49.5 Å². The molecular weight excluding hydrogens is 592 g/mol. The number of nitrogens with one attached hydrogen (secondary N) is 1. The monoisotopic (exact) mass is 636 g/mol. The SMILES string of the molecule is COc1ccc2c(C(=O)NCCO)cc(=O)n(CCN3CCC(N(Cc4ccc5c(c4)OCCO5)C(=O)O)CC3C(C)(C)C)c2c1. The molecule has 5 rings (SSSR count). The molecule has 0 radical (unpaired) electrons. The number of ether oxygens (including phenoxy) is 3. The van der Waals surface area contributed by atoms with E-state index in [0.29, 0.717) is 73.8 Å². The van der Waals surface area contributed by atoms with Crippen molar-refractivity contribution in [2.45, 2.75) is 58.8 Å². The lowest BCUT2D eigenvalue weighted by molar-refractivity contribution is 0.0131. The summed E-state index contributed by atoms with van der Waals surface area (Å²) in [6, 6.07) is 12.1. The summed E-state index contributed by atoms with van der Waals surface area (Å²) in [4.78, 5) is 42.7. The Morgan fingerprint density at radius 2 is 1.83 bits per heavy atom. The minimum atomic E-state index is -0.962. The van der Waals surface area contributed by atoms with Gasteiger partial charge in [-0.25, -0.2) is 4.79 Å². The Morgan fingerprint density at radius 3 is 2.52 bits per heavy atom. The maximum Gasteiger partial charge on any atom is 0.407 e. The van der Waals surface area contributed by atoms with E-state index < -0.39 is 12.0 Å². The summed E-state index contributed by atoms with van der Waals surface area (Å²) in [5, 5.41) is 22.7. The van der Waals surface area contributed by atoms with Crippen molar-refractivity contribution in [1.82, 2.24) is 19.7 Å². The zero-order chi connectivity index (χ0) is 33.0. The van der Waals surface area contributed by atoms with Gasteiger partial charge in [0.2, 0.25) is 0 Å². The molecule has 2 unspecified atom stereocenters. The minimum absolute atomic E-state index is 0.0494. The van der Waals surface area contributed by atoms with Gasteiger partial charge in [-0.3, -0.25) is 14.5 Å². The van der Waals surface area contributed by atoms with Crippen molar-refractivity contribution in [3.63, 3.8) is 0 Å². The average Bonchev–Trinajstić information content (AvgIpc) is 3.04. The Balaban J connectivity index is 1.36. The van der Waals surface area contributed by atoms with E-state index in [1.54, 1.807) is 29.9 Å². The fraction of sp³-hybridized carbons (Fsp3) is 0.500.